The molecule has 0 N–H and O–H groups in total. The van der Waals surface area contributed by atoms with Gasteiger partial charge >= 0.3 is 5.97 Å². The minimum absolute atomic E-state index is 0.137. The van der Waals surface area contributed by atoms with E-state index in [4.69, 9.17) is 23.7 Å². The molecule has 35 heavy (non-hydrogen) atoms. The number of esters is 1. The molecular formula is C25H29N3O6S. The Balaban J connectivity index is 1.73. The topological polar surface area (TPSA) is 93.9 Å². The quantitative estimate of drug-likeness (QED) is 0.276. The minimum atomic E-state index is -0.393. The second kappa shape index (κ2) is 10.9. The van der Waals surface area contributed by atoms with E-state index >= 15 is 0 Å². The average molecular weight is 500 g/mol. The molecule has 1 aliphatic rings. The lowest BCUT2D eigenvalue weighted by Crippen LogP contribution is -2.10. The number of methoxy groups -OCH3 is 1. The molecule has 186 valence electrons. The van der Waals surface area contributed by atoms with Gasteiger partial charge in [-0.1, -0.05) is 23.9 Å². The summed E-state index contributed by atoms with van der Waals surface area (Å²) in [5, 5.41) is 9.45. The first-order valence-electron chi connectivity index (χ1n) is 11.5. The molecule has 0 atom stereocenters. The maximum Gasteiger partial charge on any atom is 0.339 e. The number of aromatic nitrogens is 3. The van der Waals surface area contributed by atoms with E-state index in [0.29, 0.717) is 70.5 Å². The molecule has 10 heteroatoms. The van der Waals surface area contributed by atoms with Gasteiger partial charge in [0.15, 0.2) is 22.5 Å². The minimum Gasteiger partial charge on any atom is -0.497 e. The summed E-state index contributed by atoms with van der Waals surface area (Å²) >= 11 is 1.45. The van der Waals surface area contributed by atoms with Gasteiger partial charge in [-0.3, -0.25) is 0 Å². The predicted molar refractivity (Wildman–Crippen MR) is 132 cm³/mol. The van der Waals surface area contributed by atoms with Crippen LogP contribution < -0.4 is 18.9 Å². The van der Waals surface area contributed by atoms with Crippen molar-refractivity contribution < 1.29 is 28.5 Å². The zero-order chi connectivity index (χ0) is 24.9. The number of nitrogens with zero attached hydrogens (tertiary/aromatic N) is 3. The van der Waals surface area contributed by atoms with Crippen LogP contribution in [0.3, 0.4) is 0 Å². The molecular weight excluding hydrogens is 470 g/mol. The van der Waals surface area contributed by atoms with Gasteiger partial charge in [-0.25, -0.2) is 4.79 Å². The van der Waals surface area contributed by atoms with Gasteiger partial charge in [0.2, 0.25) is 5.75 Å². The summed E-state index contributed by atoms with van der Waals surface area (Å²) in [5.41, 5.74) is 2.76. The number of hydrogen-bond donors (Lipinski definition) is 0. The number of fused-ring (bicyclic) bond motifs is 1. The van der Waals surface area contributed by atoms with E-state index in [1.807, 2.05) is 56.7 Å². The van der Waals surface area contributed by atoms with Crippen LogP contribution in [0, 0.1) is 0 Å². The number of rotatable bonds is 11. The van der Waals surface area contributed by atoms with E-state index in [-0.39, 0.29) is 6.61 Å². The summed E-state index contributed by atoms with van der Waals surface area (Å²) in [7, 11) is 3.53. The standard InChI is InChI=1S/C25H29N3O6S/c1-6-31-20-17-13-34-24(29)19(17)18(21(32-7-2)22(20)33-8-3)14-35-25-27-26-23(28(25)4)15-10-9-11-16(12-15)30-5/h9-12H,6-8,13-14H2,1-5H3. The SMILES string of the molecule is CCOc1c2c(c(CSc3nnc(-c4cccc(OC)c4)n3C)c(OCC)c1OCC)C(=O)OC2. The summed E-state index contributed by atoms with van der Waals surface area (Å²) in [6.07, 6.45) is 0. The number of carbonyl (C=O) groups is 1. The molecule has 0 saturated carbocycles. The Hall–Kier alpha value is -3.40. The van der Waals surface area contributed by atoms with E-state index in [2.05, 4.69) is 10.2 Å². The van der Waals surface area contributed by atoms with Crippen LogP contribution in [0.4, 0.5) is 0 Å². The normalized spacial score (nSPS) is 12.3. The third-order valence-corrected chi connectivity index (χ3v) is 6.54. The number of benzene rings is 2. The van der Waals surface area contributed by atoms with Crippen molar-refractivity contribution in [1.29, 1.82) is 0 Å². The van der Waals surface area contributed by atoms with E-state index in [1.54, 1.807) is 7.11 Å². The van der Waals surface area contributed by atoms with Crippen molar-refractivity contribution in [3.8, 4) is 34.4 Å². The number of ether oxygens (including phenoxy) is 5. The molecule has 2 aromatic carbocycles. The Morgan fingerprint density at radius 1 is 1.03 bits per heavy atom. The first kappa shape index (κ1) is 24.7. The second-order valence-corrected chi connectivity index (χ2v) is 8.52. The molecule has 4 rings (SSSR count). The Morgan fingerprint density at radius 3 is 2.46 bits per heavy atom. The largest absolute Gasteiger partial charge is 0.497 e. The maximum atomic E-state index is 12.8. The monoisotopic (exact) mass is 499 g/mol. The van der Waals surface area contributed by atoms with Crippen LogP contribution >= 0.6 is 11.8 Å². The molecule has 9 nitrogen and oxygen atoms in total. The zero-order valence-electron chi connectivity index (χ0n) is 20.5. The van der Waals surface area contributed by atoms with Gasteiger partial charge in [-0.05, 0) is 32.9 Å². The fourth-order valence-corrected chi connectivity index (χ4v) is 4.91. The molecule has 0 radical (unpaired) electrons. The van der Waals surface area contributed by atoms with E-state index in [9.17, 15) is 4.79 Å². The highest BCUT2D eigenvalue weighted by Gasteiger charge is 2.35. The van der Waals surface area contributed by atoms with Crippen LogP contribution in [0.2, 0.25) is 0 Å². The molecule has 0 fully saturated rings. The smallest absolute Gasteiger partial charge is 0.339 e. The third-order valence-electron chi connectivity index (χ3n) is 5.49. The number of thioether (sulfide) groups is 1. The highest BCUT2D eigenvalue weighted by molar-refractivity contribution is 7.98. The van der Waals surface area contributed by atoms with Crippen LogP contribution in [0.5, 0.6) is 23.0 Å². The molecule has 2 heterocycles. The lowest BCUT2D eigenvalue weighted by Gasteiger charge is -2.21. The number of hydrogen-bond acceptors (Lipinski definition) is 9. The Labute approximate surface area is 208 Å². The van der Waals surface area contributed by atoms with E-state index in [1.165, 1.54) is 11.8 Å². The summed E-state index contributed by atoms with van der Waals surface area (Å²) in [6.45, 7) is 7.06. The summed E-state index contributed by atoms with van der Waals surface area (Å²) in [4.78, 5) is 12.8. The van der Waals surface area contributed by atoms with Crippen LogP contribution in [0.15, 0.2) is 29.4 Å². The van der Waals surface area contributed by atoms with E-state index in [0.717, 1.165) is 11.3 Å². The number of carbonyl (C=O) groups excluding carboxylic acids is 1. The molecule has 0 bridgehead atoms. The van der Waals surface area contributed by atoms with Gasteiger partial charge in [0, 0.05) is 23.9 Å². The first-order valence-corrected chi connectivity index (χ1v) is 12.5. The van der Waals surface area contributed by atoms with Crippen molar-refractivity contribution >= 4 is 17.7 Å². The second-order valence-electron chi connectivity index (χ2n) is 7.58. The van der Waals surface area contributed by atoms with Crippen molar-refractivity contribution in [3.05, 3.63) is 41.0 Å². The van der Waals surface area contributed by atoms with Gasteiger partial charge in [-0.15, -0.1) is 10.2 Å². The molecule has 1 aliphatic heterocycles. The van der Waals surface area contributed by atoms with Gasteiger partial charge < -0.3 is 28.3 Å². The first-order chi connectivity index (χ1) is 17.0. The fraction of sp³-hybridized carbons (Fsp3) is 0.400. The van der Waals surface area contributed by atoms with Gasteiger partial charge in [0.25, 0.3) is 0 Å². The van der Waals surface area contributed by atoms with Crippen LogP contribution in [-0.4, -0.2) is 47.7 Å². The van der Waals surface area contributed by atoms with Gasteiger partial charge in [0.05, 0.1) is 38.1 Å². The molecule has 0 unspecified atom stereocenters. The van der Waals surface area contributed by atoms with Crippen LogP contribution in [0.25, 0.3) is 11.4 Å². The Kier molecular flexibility index (Phi) is 7.70. The lowest BCUT2D eigenvalue weighted by atomic mass is 10.0. The van der Waals surface area contributed by atoms with Crippen molar-refractivity contribution in [2.75, 3.05) is 26.9 Å². The zero-order valence-corrected chi connectivity index (χ0v) is 21.4. The van der Waals surface area contributed by atoms with Crippen molar-refractivity contribution in [2.24, 2.45) is 7.05 Å². The summed E-state index contributed by atoms with van der Waals surface area (Å²) in [6, 6.07) is 7.66. The van der Waals surface area contributed by atoms with Gasteiger partial charge in [0.1, 0.15) is 12.4 Å². The van der Waals surface area contributed by atoms with Gasteiger partial charge in [-0.2, -0.15) is 0 Å². The molecule has 0 saturated heterocycles. The highest BCUT2D eigenvalue weighted by atomic mass is 32.2. The molecule has 3 aromatic rings. The van der Waals surface area contributed by atoms with Crippen molar-refractivity contribution in [2.45, 2.75) is 38.3 Å². The predicted octanol–water partition coefficient (Wildman–Crippen LogP) is 4.65. The van der Waals surface area contributed by atoms with Crippen LogP contribution in [-0.2, 0) is 24.1 Å². The van der Waals surface area contributed by atoms with E-state index < -0.39 is 5.97 Å². The highest BCUT2D eigenvalue weighted by Crippen LogP contribution is 2.49. The summed E-state index contributed by atoms with van der Waals surface area (Å²) in [5.74, 6) is 2.97. The average Bonchev–Trinajstić information content (AvgIpc) is 3.43. The molecule has 0 aliphatic carbocycles. The lowest BCUT2D eigenvalue weighted by molar-refractivity contribution is 0.0533. The fourth-order valence-electron chi connectivity index (χ4n) is 3.98. The maximum absolute atomic E-state index is 12.8. The third kappa shape index (κ3) is 4.75. The van der Waals surface area contributed by atoms with Crippen LogP contribution in [0.1, 0.15) is 42.3 Å². The molecule has 0 amide bonds. The number of cyclic esters (lactones) is 1. The Morgan fingerprint density at radius 2 is 1.74 bits per heavy atom. The molecule has 1 aromatic heterocycles. The van der Waals surface area contributed by atoms with Crippen molar-refractivity contribution in [3.63, 3.8) is 0 Å². The summed E-state index contributed by atoms with van der Waals surface area (Å²) < 4.78 is 30.5. The van der Waals surface area contributed by atoms with Crippen molar-refractivity contribution in [1.82, 2.24) is 14.8 Å². The Bertz CT molecular complexity index is 1230. The molecule has 0 spiro atoms.